The Hall–Kier alpha value is -2.72. The molecule has 1 atom stereocenters. The second-order valence-electron chi connectivity index (χ2n) is 5.21. The number of carboxylic acids is 1. The van der Waals surface area contributed by atoms with Gasteiger partial charge < -0.3 is 20.6 Å². The normalized spacial score (nSPS) is 11.8. The van der Waals surface area contributed by atoms with Crippen molar-refractivity contribution in [3.63, 3.8) is 0 Å². The Kier molecular flexibility index (Phi) is 6.87. The van der Waals surface area contributed by atoms with Crippen LogP contribution in [0.5, 0.6) is 0 Å². The van der Waals surface area contributed by atoms with E-state index in [9.17, 15) is 14.4 Å². The summed E-state index contributed by atoms with van der Waals surface area (Å²) in [6.07, 6.45) is 1.30. The number of rotatable bonds is 8. The first-order valence-corrected chi connectivity index (χ1v) is 8.71. The van der Waals surface area contributed by atoms with Crippen molar-refractivity contribution in [3.8, 4) is 0 Å². The number of aliphatic carboxylic acids is 1. The molecule has 0 radical (unpaired) electrons. The Bertz CT molecular complexity index is 855. The lowest BCUT2D eigenvalue weighted by atomic mass is 10.1. The fourth-order valence-corrected chi connectivity index (χ4v) is 2.72. The van der Waals surface area contributed by atoms with Crippen molar-refractivity contribution in [1.82, 2.24) is 15.0 Å². The number of thioether (sulfide) groups is 1. The van der Waals surface area contributed by atoms with Crippen molar-refractivity contribution in [2.24, 2.45) is 5.73 Å². The van der Waals surface area contributed by atoms with Gasteiger partial charge in [0, 0.05) is 24.1 Å². The molecule has 4 N–H and O–H groups in total. The summed E-state index contributed by atoms with van der Waals surface area (Å²) in [5.74, 6) is -1.41. The van der Waals surface area contributed by atoms with Crippen molar-refractivity contribution in [2.45, 2.75) is 30.3 Å². The van der Waals surface area contributed by atoms with Gasteiger partial charge in [0.2, 0.25) is 0 Å². The minimum atomic E-state index is -1.09. The maximum absolute atomic E-state index is 11.9. The van der Waals surface area contributed by atoms with Crippen molar-refractivity contribution in [1.29, 1.82) is 0 Å². The summed E-state index contributed by atoms with van der Waals surface area (Å²) in [4.78, 5) is 45.2. The van der Waals surface area contributed by atoms with E-state index >= 15 is 0 Å². The molecule has 0 amide bonds. The number of H-pyrrole nitrogens is 1. The van der Waals surface area contributed by atoms with Crippen LogP contribution in [0.1, 0.15) is 28.7 Å². The van der Waals surface area contributed by atoms with Gasteiger partial charge in [-0.3, -0.25) is 14.6 Å². The number of nitrogens with two attached hydrogens (primary N) is 1. The van der Waals surface area contributed by atoms with Gasteiger partial charge in [0.15, 0.2) is 5.16 Å². The standard InChI is InChI=1S/C16H18N4O5S/c1-2-25-15(24)11-7-18-16(20-13(11)21)26-8-10-5-3-4-9(19-10)6-12(17)14(22)23/h3-5,7,12H,2,6,8,17H2,1H3,(H,22,23)(H,18,20,21). The van der Waals surface area contributed by atoms with Crippen LogP contribution in [0, 0.1) is 0 Å². The lowest BCUT2D eigenvalue weighted by molar-refractivity contribution is -0.138. The summed E-state index contributed by atoms with van der Waals surface area (Å²) in [5, 5.41) is 9.18. The highest BCUT2D eigenvalue weighted by atomic mass is 32.2. The van der Waals surface area contributed by atoms with Gasteiger partial charge in [0.25, 0.3) is 5.56 Å². The molecular weight excluding hydrogens is 360 g/mol. The Morgan fingerprint density at radius 2 is 2.12 bits per heavy atom. The molecule has 10 heteroatoms. The van der Waals surface area contributed by atoms with E-state index in [0.717, 1.165) is 0 Å². The topological polar surface area (TPSA) is 148 Å². The number of ether oxygens (including phenoxy) is 1. The van der Waals surface area contributed by atoms with Crippen LogP contribution in [0.25, 0.3) is 0 Å². The number of nitrogens with zero attached hydrogens (tertiary/aromatic N) is 2. The minimum Gasteiger partial charge on any atom is -0.480 e. The monoisotopic (exact) mass is 378 g/mol. The van der Waals surface area contributed by atoms with Gasteiger partial charge in [-0.15, -0.1) is 0 Å². The van der Waals surface area contributed by atoms with Crippen LogP contribution >= 0.6 is 11.8 Å². The smallest absolute Gasteiger partial charge is 0.345 e. The summed E-state index contributed by atoms with van der Waals surface area (Å²) in [5.41, 5.74) is 6.03. The van der Waals surface area contributed by atoms with E-state index in [0.29, 0.717) is 22.3 Å². The zero-order chi connectivity index (χ0) is 19.1. The Balaban J connectivity index is 2.03. The molecule has 0 fully saturated rings. The number of pyridine rings is 1. The van der Waals surface area contributed by atoms with Gasteiger partial charge in [0.05, 0.1) is 12.3 Å². The van der Waals surface area contributed by atoms with E-state index in [4.69, 9.17) is 15.6 Å². The molecule has 1 unspecified atom stereocenters. The van der Waals surface area contributed by atoms with Crippen LogP contribution in [-0.2, 0) is 21.7 Å². The number of carbonyl (C=O) groups excluding carboxylic acids is 1. The summed E-state index contributed by atoms with van der Waals surface area (Å²) < 4.78 is 4.77. The van der Waals surface area contributed by atoms with Gasteiger partial charge in [-0.25, -0.2) is 9.78 Å². The van der Waals surface area contributed by atoms with Gasteiger partial charge >= 0.3 is 11.9 Å². The molecule has 0 bridgehead atoms. The number of hydrogen-bond acceptors (Lipinski definition) is 8. The third-order valence-corrected chi connectivity index (χ3v) is 4.16. The minimum absolute atomic E-state index is 0.122. The van der Waals surface area contributed by atoms with Crippen LogP contribution in [0.4, 0.5) is 0 Å². The van der Waals surface area contributed by atoms with Crippen molar-refractivity contribution in [2.75, 3.05) is 6.61 Å². The molecule has 0 aliphatic rings. The predicted octanol–water partition coefficient (Wildman–Crippen LogP) is 0.588. The SMILES string of the molecule is CCOC(=O)c1cnc(SCc2cccc(CC(N)C(=O)O)n2)[nH]c1=O. The molecule has 2 aromatic heterocycles. The maximum Gasteiger partial charge on any atom is 0.345 e. The van der Waals surface area contributed by atoms with Crippen molar-refractivity contribution < 1.29 is 19.4 Å². The molecule has 0 spiro atoms. The summed E-state index contributed by atoms with van der Waals surface area (Å²) in [6, 6.07) is 4.21. The highest BCUT2D eigenvalue weighted by molar-refractivity contribution is 7.98. The van der Waals surface area contributed by atoms with Crippen LogP contribution in [-0.4, -0.2) is 44.6 Å². The number of nitrogens with one attached hydrogen (secondary N) is 1. The Morgan fingerprint density at radius 1 is 1.38 bits per heavy atom. The maximum atomic E-state index is 11.9. The fourth-order valence-electron chi connectivity index (χ4n) is 1.98. The molecule has 0 saturated heterocycles. The van der Waals surface area contributed by atoms with Gasteiger partial charge in [-0.05, 0) is 19.1 Å². The summed E-state index contributed by atoms with van der Waals surface area (Å²) in [6.45, 7) is 1.82. The Morgan fingerprint density at radius 3 is 2.77 bits per heavy atom. The first-order chi connectivity index (χ1) is 12.4. The molecule has 0 saturated carbocycles. The molecule has 2 heterocycles. The van der Waals surface area contributed by atoms with Gasteiger partial charge in [-0.1, -0.05) is 17.8 Å². The largest absolute Gasteiger partial charge is 0.480 e. The number of carbonyl (C=O) groups is 2. The van der Waals surface area contributed by atoms with Gasteiger partial charge in [-0.2, -0.15) is 0 Å². The number of carboxylic acid groups (broad SMARTS) is 1. The van der Waals surface area contributed by atoms with E-state index < -0.39 is 23.5 Å². The second kappa shape index (κ2) is 9.11. The summed E-state index contributed by atoms with van der Waals surface area (Å²) in [7, 11) is 0. The zero-order valence-electron chi connectivity index (χ0n) is 14.0. The summed E-state index contributed by atoms with van der Waals surface area (Å²) >= 11 is 1.23. The van der Waals surface area contributed by atoms with E-state index in [1.807, 2.05) is 0 Å². The molecule has 0 aliphatic heterocycles. The molecule has 2 aromatic rings. The first kappa shape index (κ1) is 19.6. The average Bonchev–Trinajstić information content (AvgIpc) is 2.60. The Labute approximate surface area is 153 Å². The first-order valence-electron chi connectivity index (χ1n) is 7.73. The molecular formula is C16H18N4O5S. The quantitative estimate of drug-likeness (QED) is 0.341. The van der Waals surface area contributed by atoms with E-state index in [1.54, 1.807) is 25.1 Å². The number of aromatic nitrogens is 3. The van der Waals surface area contributed by atoms with Crippen molar-refractivity contribution >= 4 is 23.7 Å². The molecule has 9 nitrogen and oxygen atoms in total. The number of esters is 1. The number of hydrogen-bond donors (Lipinski definition) is 3. The third kappa shape index (κ3) is 5.39. The third-order valence-electron chi connectivity index (χ3n) is 3.24. The fraction of sp³-hybridized carbons (Fsp3) is 0.312. The van der Waals surface area contributed by atoms with E-state index in [2.05, 4.69) is 15.0 Å². The zero-order valence-corrected chi connectivity index (χ0v) is 14.8. The molecule has 138 valence electrons. The second-order valence-corrected chi connectivity index (χ2v) is 6.17. The van der Waals surface area contributed by atoms with Crippen LogP contribution < -0.4 is 11.3 Å². The molecule has 2 rings (SSSR count). The number of aromatic amines is 1. The molecule has 26 heavy (non-hydrogen) atoms. The molecule has 0 aliphatic carbocycles. The van der Waals surface area contributed by atoms with Crippen LogP contribution in [0.3, 0.4) is 0 Å². The van der Waals surface area contributed by atoms with Crippen molar-refractivity contribution in [3.05, 3.63) is 51.7 Å². The lowest BCUT2D eigenvalue weighted by Crippen LogP contribution is -2.32. The average molecular weight is 378 g/mol. The lowest BCUT2D eigenvalue weighted by Gasteiger charge is -2.07. The van der Waals surface area contributed by atoms with Gasteiger partial charge in [0.1, 0.15) is 11.6 Å². The highest BCUT2D eigenvalue weighted by Gasteiger charge is 2.14. The molecule has 0 aromatic carbocycles. The highest BCUT2D eigenvalue weighted by Crippen LogP contribution is 2.17. The predicted molar refractivity (Wildman–Crippen MR) is 93.9 cm³/mol. The van der Waals surface area contributed by atoms with E-state index in [-0.39, 0.29) is 18.6 Å². The van der Waals surface area contributed by atoms with E-state index in [1.165, 1.54) is 18.0 Å². The van der Waals surface area contributed by atoms with Crippen LogP contribution in [0.2, 0.25) is 0 Å². The van der Waals surface area contributed by atoms with Crippen LogP contribution in [0.15, 0.2) is 34.3 Å².